The van der Waals surface area contributed by atoms with Crippen molar-refractivity contribution in [3.05, 3.63) is 28.7 Å². The Balaban J connectivity index is 1.50. The molecule has 1 aromatic rings. The number of likely N-dealkylation sites (tertiary alicyclic amines) is 1. The second-order valence-electron chi connectivity index (χ2n) is 5.71. The normalized spacial score (nSPS) is 26.2. The molecule has 2 saturated heterocycles. The lowest BCUT2D eigenvalue weighted by atomic mass is 9.94. The van der Waals surface area contributed by atoms with Gasteiger partial charge in [0.2, 0.25) is 5.91 Å². The topological polar surface area (TPSA) is 44.4 Å². The van der Waals surface area contributed by atoms with Gasteiger partial charge in [-0.05, 0) is 49.6 Å². The number of hydrogen-bond donors (Lipinski definition) is 2. The molecule has 2 aliphatic heterocycles. The van der Waals surface area contributed by atoms with E-state index in [-0.39, 0.29) is 5.91 Å². The standard InChI is InChI=1S/C15H20BrN3O/c16-12-3-5-13(6-4-12)18-15(20)10-19-8-11-2-1-7-17-14(11)9-19/h3-6,11,14,17H,1-2,7-10H2,(H,18,20). The highest BCUT2D eigenvalue weighted by atomic mass is 79.9. The molecule has 0 radical (unpaired) electrons. The first-order valence-corrected chi connectivity index (χ1v) is 8.01. The number of benzene rings is 1. The number of amides is 1. The molecule has 20 heavy (non-hydrogen) atoms. The van der Waals surface area contributed by atoms with Gasteiger partial charge in [0.05, 0.1) is 6.54 Å². The molecule has 2 heterocycles. The van der Waals surface area contributed by atoms with Crippen LogP contribution in [0.15, 0.2) is 28.7 Å². The monoisotopic (exact) mass is 337 g/mol. The zero-order valence-corrected chi connectivity index (χ0v) is 13.0. The SMILES string of the molecule is O=C(CN1CC2CCCNC2C1)Nc1ccc(Br)cc1. The van der Waals surface area contributed by atoms with Crippen molar-refractivity contribution in [2.75, 3.05) is 31.5 Å². The Morgan fingerprint density at radius 1 is 1.35 bits per heavy atom. The molecule has 2 unspecified atom stereocenters. The van der Waals surface area contributed by atoms with Crippen molar-refractivity contribution in [3.63, 3.8) is 0 Å². The third kappa shape index (κ3) is 3.40. The van der Waals surface area contributed by atoms with Crippen LogP contribution in [0.3, 0.4) is 0 Å². The Kier molecular flexibility index (Phi) is 4.38. The lowest BCUT2D eigenvalue weighted by molar-refractivity contribution is -0.117. The molecule has 3 rings (SSSR count). The van der Waals surface area contributed by atoms with E-state index in [1.54, 1.807) is 0 Å². The van der Waals surface area contributed by atoms with Crippen molar-refractivity contribution >= 4 is 27.5 Å². The molecule has 0 aromatic heterocycles. The molecule has 0 saturated carbocycles. The molecule has 2 N–H and O–H groups in total. The first-order chi connectivity index (χ1) is 9.70. The van der Waals surface area contributed by atoms with Gasteiger partial charge in [0.25, 0.3) is 0 Å². The molecular weight excluding hydrogens is 318 g/mol. The molecule has 2 atom stereocenters. The smallest absolute Gasteiger partial charge is 0.238 e. The summed E-state index contributed by atoms with van der Waals surface area (Å²) in [5.74, 6) is 0.801. The zero-order valence-electron chi connectivity index (χ0n) is 11.4. The largest absolute Gasteiger partial charge is 0.325 e. The van der Waals surface area contributed by atoms with E-state index >= 15 is 0 Å². The highest BCUT2D eigenvalue weighted by Gasteiger charge is 2.34. The van der Waals surface area contributed by atoms with Crippen LogP contribution in [-0.4, -0.2) is 43.0 Å². The van der Waals surface area contributed by atoms with Crippen LogP contribution in [0.2, 0.25) is 0 Å². The lowest BCUT2D eigenvalue weighted by Gasteiger charge is -2.24. The highest BCUT2D eigenvalue weighted by Crippen LogP contribution is 2.24. The Bertz CT molecular complexity index is 463. The van der Waals surface area contributed by atoms with Crippen LogP contribution in [0.1, 0.15) is 12.8 Å². The molecule has 0 aliphatic carbocycles. The van der Waals surface area contributed by atoms with Gasteiger partial charge in [0.1, 0.15) is 0 Å². The second-order valence-corrected chi connectivity index (χ2v) is 6.63. The highest BCUT2D eigenvalue weighted by molar-refractivity contribution is 9.10. The van der Waals surface area contributed by atoms with Crippen molar-refractivity contribution < 1.29 is 4.79 Å². The number of nitrogens with zero attached hydrogens (tertiary/aromatic N) is 1. The van der Waals surface area contributed by atoms with Crippen molar-refractivity contribution in [1.29, 1.82) is 0 Å². The van der Waals surface area contributed by atoms with Crippen molar-refractivity contribution in [2.45, 2.75) is 18.9 Å². The Hall–Kier alpha value is -0.910. The fraction of sp³-hybridized carbons (Fsp3) is 0.533. The first-order valence-electron chi connectivity index (χ1n) is 7.22. The van der Waals surface area contributed by atoms with E-state index in [0.717, 1.165) is 35.7 Å². The summed E-state index contributed by atoms with van der Waals surface area (Å²) in [6.45, 7) is 3.66. The van der Waals surface area contributed by atoms with Gasteiger partial charge in [-0.2, -0.15) is 0 Å². The molecular formula is C15H20BrN3O. The molecule has 2 fully saturated rings. The van der Waals surface area contributed by atoms with Crippen LogP contribution in [0.5, 0.6) is 0 Å². The van der Waals surface area contributed by atoms with Crippen molar-refractivity contribution in [2.24, 2.45) is 5.92 Å². The number of piperidine rings is 1. The number of fused-ring (bicyclic) bond motifs is 1. The number of carbonyl (C=O) groups is 1. The quantitative estimate of drug-likeness (QED) is 0.887. The minimum Gasteiger partial charge on any atom is -0.325 e. The molecule has 0 spiro atoms. The van der Waals surface area contributed by atoms with Gasteiger partial charge in [-0.1, -0.05) is 15.9 Å². The van der Waals surface area contributed by atoms with Crippen LogP contribution in [-0.2, 0) is 4.79 Å². The molecule has 4 nitrogen and oxygen atoms in total. The maximum Gasteiger partial charge on any atom is 0.238 e. The number of carbonyl (C=O) groups excluding carboxylic acids is 1. The van der Waals surface area contributed by atoms with E-state index in [2.05, 4.69) is 31.5 Å². The summed E-state index contributed by atoms with van der Waals surface area (Å²) in [6.07, 6.45) is 2.56. The van der Waals surface area contributed by atoms with Gasteiger partial charge in [-0.15, -0.1) is 0 Å². The zero-order chi connectivity index (χ0) is 13.9. The molecule has 1 amide bonds. The van der Waals surface area contributed by atoms with E-state index in [0.29, 0.717) is 12.6 Å². The maximum atomic E-state index is 12.1. The number of halogens is 1. The number of nitrogens with one attached hydrogen (secondary N) is 2. The van der Waals surface area contributed by atoms with E-state index in [1.807, 2.05) is 24.3 Å². The molecule has 2 aliphatic rings. The van der Waals surface area contributed by atoms with Crippen LogP contribution in [0, 0.1) is 5.92 Å². The van der Waals surface area contributed by atoms with Crippen LogP contribution in [0.25, 0.3) is 0 Å². The number of hydrogen-bond acceptors (Lipinski definition) is 3. The van der Waals surface area contributed by atoms with E-state index in [1.165, 1.54) is 12.8 Å². The minimum absolute atomic E-state index is 0.0750. The van der Waals surface area contributed by atoms with Gasteiger partial charge >= 0.3 is 0 Å². The first kappa shape index (κ1) is 14.0. The third-order valence-electron chi connectivity index (χ3n) is 4.17. The summed E-state index contributed by atoms with van der Waals surface area (Å²) in [6, 6.07) is 8.28. The fourth-order valence-electron chi connectivity index (χ4n) is 3.20. The molecule has 108 valence electrons. The van der Waals surface area contributed by atoms with Gasteiger partial charge < -0.3 is 10.6 Å². The third-order valence-corrected chi connectivity index (χ3v) is 4.70. The van der Waals surface area contributed by atoms with Crippen LogP contribution < -0.4 is 10.6 Å². The van der Waals surface area contributed by atoms with E-state index < -0.39 is 0 Å². The van der Waals surface area contributed by atoms with Gasteiger partial charge in [0, 0.05) is 29.3 Å². The van der Waals surface area contributed by atoms with E-state index in [9.17, 15) is 4.79 Å². The summed E-state index contributed by atoms with van der Waals surface area (Å²) < 4.78 is 1.02. The minimum atomic E-state index is 0.0750. The predicted octanol–water partition coefficient (Wildman–Crippen LogP) is 2.07. The Labute approximate surface area is 128 Å². The van der Waals surface area contributed by atoms with Gasteiger partial charge in [-0.25, -0.2) is 0 Å². The second kappa shape index (κ2) is 6.24. The average Bonchev–Trinajstić information content (AvgIpc) is 2.83. The van der Waals surface area contributed by atoms with E-state index in [4.69, 9.17) is 0 Å². The molecule has 1 aromatic carbocycles. The fourth-order valence-corrected chi connectivity index (χ4v) is 3.47. The van der Waals surface area contributed by atoms with Crippen molar-refractivity contribution in [1.82, 2.24) is 10.2 Å². The van der Waals surface area contributed by atoms with Crippen molar-refractivity contribution in [3.8, 4) is 0 Å². The summed E-state index contributed by atoms with van der Waals surface area (Å²) in [7, 11) is 0. The Morgan fingerprint density at radius 2 is 2.15 bits per heavy atom. The van der Waals surface area contributed by atoms with Crippen LogP contribution in [0.4, 0.5) is 5.69 Å². The Morgan fingerprint density at radius 3 is 2.90 bits per heavy atom. The number of anilines is 1. The number of rotatable bonds is 3. The van der Waals surface area contributed by atoms with Crippen LogP contribution >= 0.6 is 15.9 Å². The summed E-state index contributed by atoms with van der Waals surface area (Å²) in [5.41, 5.74) is 0.855. The van der Waals surface area contributed by atoms with Gasteiger partial charge in [0.15, 0.2) is 0 Å². The summed E-state index contributed by atoms with van der Waals surface area (Å²) in [4.78, 5) is 14.3. The lowest BCUT2D eigenvalue weighted by Crippen LogP contribution is -2.41. The predicted molar refractivity (Wildman–Crippen MR) is 83.7 cm³/mol. The maximum absolute atomic E-state index is 12.1. The summed E-state index contributed by atoms with van der Waals surface area (Å²) in [5, 5.41) is 6.52. The molecule has 5 heteroatoms. The van der Waals surface area contributed by atoms with Gasteiger partial charge in [-0.3, -0.25) is 9.69 Å². The molecule has 0 bridgehead atoms. The summed E-state index contributed by atoms with van der Waals surface area (Å²) >= 11 is 3.39. The average molecular weight is 338 g/mol.